The molecule has 226 valence electrons. The van der Waals surface area contributed by atoms with Gasteiger partial charge < -0.3 is 9.13 Å². The molecule has 5 heteroatoms. The van der Waals surface area contributed by atoms with E-state index in [0.29, 0.717) is 11.1 Å². The van der Waals surface area contributed by atoms with Gasteiger partial charge in [-0.05, 0) is 60.7 Å². The Kier molecular flexibility index (Phi) is 5.84. The quantitative estimate of drug-likeness (QED) is 0.193. The number of para-hydroxylation sites is 4. The van der Waals surface area contributed by atoms with Crippen molar-refractivity contribution in [3.05, 3.63) is 157 Å². The van der Waals surface area contributed by atoms with E-state index in [4.69, 9.17) is 0 Å². The first-order chi connectivity index (χ1) is 24.2. The SMILES string of the molecule is N#Cc1ccc2sc3c(ccc4c5ccccc5n(-c5ccccc5-c5ccccc5-n5c6ccccc6c6cc(C#N)ccc65)c43)c2c1. The minimum atomic E-state index is 0.650. The van der Waals surface area contributed by atoms with E-state index in [9.17, 15) is 10.5 Å². The van der Waals surface area contributed by atoms with Crippen LogP contribution < -0.4 is 0 Å². The number of aromatic nitrogens is 2. The van der Waals surface area contributed by atoms with Crippen molar-refractivity contribution in [2.75, 3.05) is 0 Å². The first-order valence-electron chi connectivity index (χ1n) is 16.1. The number of nitriles is 2. The second kappa shape index (κ2) is 10.4. The van der Waals surface area contributed by atoms with Crippen molar-refractivity contribution in [1.29, 1.82) is 10.5 Å². The van der Waals surface area contributed by atoms with Crippen LogP contribution in [0.1, 0.15) is 11.1 Å². The molecule has 0 spiro atoms. The Hall–Kier alpha value is -6.66. The fourth-order valence-electron chi connectivity index (χ4n) is 7.70. The molecule has 0 aliphatic carbocycles. The molecule has 0 aliphatic rings. The lowest BCUT2D eigenvalue weighted by Gasteiger charge is -2.18. The molecule has 0 bridgehead atoms. The van der Waals surface area contributed by atoms with Crippen LogP contribution in [0.25, 0.3) is 86.3 Å². The third-order valence-electron chi connectivity index (χ3n) is 9.78. The zero-order valence-electron chi connectivity index (χ0n) is 26.1. The monoisotopic (exact) mass is 640 g/mol. The van der Waals surface area contributed by atoms with Gasteiger partial charge in [0.2, 0.25) is 0 Å². The fourth-order valence-corrected chi connectivity index (χ4v) is 8.92. The molecule has 0 saturated heterocycles. The molecule has 7 aromatic carbocycles. The van der Waals surface area contributed by atoms with Crippen molar-refractivity contribution in [2.24, 2.45) is 0 Å². The third-order valence-corrected chi connectivity index (χ3v) is 11.0. The number of rotatable bonds is 3. The van der Waals surface area contributed by atoms with Gasteiger partial charge in [-0.25, -0.2) is 0 Å². The second-order valence-electron chi connectivity index (χ2n) is 12.3. The zero-order valence-corrected chi connectivity index (χ0v) is 26.9. The van der Waals surface area contributed by atoms with Crippen LogP contribution in [0.3, 0.4) is 0 Å². The van der Waals surface area contributed by atoms with E-state index in [1.165, 1.54) is 25.7 Å². The number of hydrogen-bond donors (Lipinski definition) is 0. The molecule has 10 rings (SSSR count). The average molecular weight is 641 g/mol. The van der Waals surface area contributed by atoms with Gasteiger partial charge in [-0.2, -0.15) is 10.5 Å². The van der Waals surface area contributed by atoms with E-state index < -0.39 is 0 Å². The number of benzene rings is 7. The summed E-state index contributed by atoms with van der Waals surface area (Å²) < 4.78 is 7.14. The van der Waals surface area contributed by atoms with Crippen LogP contribution in [0, 0.1) is 22.7 Å². The van der Waals surface area contributed by atoms with Gasteiger partial charge in [0.1, 0.15) is 0 Å². The molecule has 0 unspecified atom stereocenters. The molecule has 3 heterocycles. The topological polar surface area (TPSA) is 57.4 Å². The predicted octanol–water partition coefficient (Wildman–Crippen LogP) is 11.7. The van der Waals surface area contributed by atoms with Crippen LogP contribution >= 0.6 is 11.3 Å². The Bertz CT molecular complexity index is 3090. The summed E-state index contributed by atoms with van der Waals surface area (Å²) in [7, 11) is 0. The molecular formula is C44H24N4S. The lowest BCUT2D eigenvalue weighted by Crippen LogP contribution is -2.01. The Morgan fingerprint density at radius 2 is 0.959 bits per heavy atom. The average Bonchev–Trinajstić information content (AvgIpc) is 3.82. The van der Waals surface area contributed by atoms with Gasteiger partial charge in [-0.1, -0.05) is 84.9 Å². The molecule has 0 aliphatic heterocycles. The Morgan fingerprint density at radius 1 is 0.429 bits per heavy atom. The van der Waals surface area contributed by atoms with E-state index in [1.54, 1.807) is 11.3 Å². The van der Waals surface area contributed by atoms with Gasteiger partial charge >= 0.3 is 0 Å². The summed E-state index contributed by atoms with van der Waals surface area (Å²) in [5.74, 6) is 0. The largest absolute Gasteiger partial charge is 0.309 e. The maximum Gasteiger partial charge on any atom is 0.0991 e. The molecule has 0 atom stereocenters. The molecule has 0 saturated carbocycles. The van der Waals surface area contributed by atoms with Crippen LogP contribution in [0.4, 0.5) is 0 Å². The number of hydrogen-bond acceptors (Lipinski definition) is 3. The Balaban J connectivity index is 1.31. The minimum Gasteiger partial charge on any atom is -0.309 e. The van der Waals surface area contributed by atoms with Gasteiger partial charge in [0, 0.05) is 48.1 Å². The van der Waals surface area contributed by atoms with E-state index in [2.05, 4.69) is 143 Å². The highest BCUT2D eigenvalue weighted by Gasteiger charge is 2.22. The van der Waals surface area contributed by atoms with Gasteiger partial charge in [0.25, 0.3) is 0 Å². The van der Waals surface area contributed by atoms with E-state index >= 15 is 0 Å². The molecule has 0 radical (unpaired) electrons. The molecule has 3 aromatic heterocycles. The van der Waals surface area contributed by atoms with Crippen LogP contribution in [-0.4, -0.2) is 9.13 Å². The van der Waals surface area contributed by atoms with E-state index in [-0.39, 0.29) is 0 Å². The zero-order chi connectivity index (χ0) is 32.6. The summed E-state index contributed by atoms with van der Waals surface area (Å²) in [5.41, 5.74) is 10.2. The van der Waals surface area contributed by atoms with Gasteiger partial charge in [-0.3, -0.25) is 0 Å². The van der Waals surface area contributed by atoms with Crippen molar-refractivity contribution in [2.45, 2.75) is 0 Å². The normalized spacial score (nSPS) is 11.6. The van der Waals surface area contributed by atoms with Crippen molar-refractivity contribution < 1.29 is 0 Å². The van der Waals surface area contributed by atoms with Crippen molar-refractivity contribution >= 4 is 75.1 Å². The van der Waals surface area contributed by atoms with E-state index in [1.807, 2.05) is 24.3 Å². The standard InChI is InChI=1S/C44H24N4S/c45-25-27-17-21-41-35(23-27)32-12-4-6-14-38(32)47(41)37-13-5-1-9-29(37)30-10-2-7-15-39(30)48-40-16-8-3-11-31(40)33-19-20-34-36-24-28(26-46)18-22-42(36)49-44(34)43(33)48/h1-24H. The molecule has 0 N–H and O–H groups in total. The number of thiophene rings is 1. The molecular weight excluding hydrogens is 617 g/mol. The molecule has 4 nitrogen and oxygen atoms in total. The highest BCUT2D eigenvalue weighted by molar-refractivity contribution is 7.26. The van der Waals surface area contributed by atoms with Crippen LogP contribution in [0.5, 0.6) is 0 Å². The van der Waals surface area contributed by atoms with Crippen LogP contribution in [-0.2, 0) is 0 Å². The summed E-state index contributed by atoms with van der Waals surface area (Å²) in [6.07, 6.45) is 0. The summed E-state index contributed by atoms with van der Waals surface area (Å²) in [4.78, 5) is 0. The lowest BCUT2D eigenvalue weighted by atomic mass is 10.0. The minimum absolute atomic E-state index is 0.650. The summed E-state index contributed by atoms with van der Waals surface area (Å²) >= 11 is 1.79. The molecule has 0 fully saturated rings. The van der Waals surface area contributed by atoms with Crippen molar-refractivity contribution in [1.82, 2.24) is 9.13 Å². The van der Waals surface area contributed by atoms with Gasteiger partial charge in [0.05, 0.1) is 61.4 Å². The summed E-state index contributed by atoms with van der Waals surface area (Å²) in [6.45, 7) is 0. The highest BCUT2D eigenvalue weighted by Crippen LogP contribution is 2.45. The summed E-state index contributed by atoms with van der Waals surface area (Å²) in [6, 6.07) is 55.5. The maximum atomic E-state index is 9.72. The first kappa shape index (κ1) is 27.5. The van der Waals surface area contributed by atoms with Gasteiger partial charge in [-0.15, -0.1) is 11.3 Å². The summed E-state index contributed by atoms with van der Waals surface area (Å²) in [5, 5.41) is 26.2. The highest BCUT2D eigenvalue weighted by atomic mass is 32.1. The lowest BCUT2D eigenvalue weighted by molar-refractivity contribution is 1.16. The van der Waals surface area contributed by atoms with Crippen LogP contribution in [0.15, 0.2) is 146 Å². The van der Waals surface area contributed by atoms with Crippen LogP contribution in [0.2, 0.25) is 0 Å². The third kappa shape index (κ3) is 3.88. The number of fused-ring (bicyclic) bond motifs is 10. The second-order valence-corrected chi connectivity index (χ2v) is 13.4. The van der Waals surface area contributed by atoms with Crippen molar-refractivity contribution in [3.63, 3.8) is 0 Å². The predicted molar refractivity (Wildman–Crippen MR) is 203 cm³/mol. The maximum absolute atomic E-state index is 9.72. The Morgan fingerprint density at radius 3 is 1.67 bits per heavy atom. The van der Waals surface area contributed by atoms with Crippen molar-refractivity contribution in [3.8, 4) is 34.6 Å². The number of nitrogens with zero attached hydrogens (tertiary/aromatic N) is 4. The molecule has 49 heavy (non-hydrogen) atoms. The molecule has 10 aromatic rings. The fraction of sp³-hybridized carbons (Fsp3) is 0. The first-order valence-corrected chi connectivity index (χ1v) is 17.0. The smallest absolute Gasteiger partial charge is 0.0991 e. The van der Waals surface area contributed by atoms with E-state index in [0.717, 1.165) is 60.6 Å². The van der Waals surface area contributed by atoms with Gasteiger partial charge in [0.15, 0.2) is 0 Å². The molecule has 0 amide bonds. The Labute approximate surface area is 285 Å².